The van der Waals surface area contributed by atoms with Crippen LogP contribution in [-0.2, 0) is 10.2 Å². The highest BCUT2D eigenvalue weighted by atomic mass is 35.5. The maximum absolute atomic E-state index is 11.9. The van der Waals surface area contributed by atoms with Crippen LogP contribution in [0.5, 0.6) is 0 Å². The summed E-state index contributed by atoms with van der Waals surface area (Å²) >= 11 is 0. The van der Waals surface area contributed by atoms with E-state index in [2.05, 4.69) is 0 Å². The highest BCUT2D eigenvalue weighted by Crippen LogP contribution is 2.21. The van der Waals surface area contributed by atoms with Crippen LogP contribution in [0.4, 0.5) is 0 Å². The van der Waals surface area contributed by atoms with Crippen molar-refractivity contribution in [3.05, 3.63) is 0 Å². The number of rotatable bonds is 3. The molecule has 7 heteroatoms. The second kappa shape index (κ2) is 6.16. The van der Waals surface area contributed by atoms with Gasteiger partial charge in [-0.05, 0) is 25.7 Å². The molecule has 1 aliphatic rings. The van der Waals surface area contributed by atoms with E-state index in [9.17, 15) is 8.42 Å². The monoisotopic (exact) mass is 271 g/mol. The molecule has 0 aromatic rings. The van der Waals surface area contributed by atoms with E-state index in [1.165, 1.54) is 8.61 Å². The van der Waals surface area contributed by atoms with Crippen LogP contribution in [0.2, 0.25) is 0 Å². The van der Waals surface area contributed by atoms with Crippen molar-refractivity contribution < 1.29 is 8.42 Å². The van der Waals surface area contributed by atoms with E-state index < -0.39 is 10.2 Å². The fourth-order valence-corrected chi connectivity index (χ4v) is 3.05. The topological polar surface area (TPSA) is 66.6 Å². The zero-order valence-electron chi connectivity index (χ0n) is 10.1. The number of nitrogens with zero attached hydrogens (tertiary/aromatic N) is 2. The van der Waals surface area contributed by atoms with Crippen molar-refractivity contribution in [2.45, 2.75) is 25.8 Å². The molecule has 2 atom stereocenters. The Balaban J connectivity index is 0.00000225. The molecular formula is C9H22ClN3O2S. The van der Waals surface area contributed by atoms with E-state index in [-0.39, 0.29) is 24.4 Å². The third kappa shape index (κ3) is 3.56. The second-order valence-corrected chi connectivity index (χ2v) is 6.55. The molecule has 1 aliphatic heterocycles. The molecule has 2 N–H and O–H groups in total. The molecule has 5 nitrogen and oxygen atoms in total. The minimum Gasteiger partial charge on any atom is -0.328 e. The summed E-state index contributed by atoms with van der Waals surface area (Å²) in [6.07, 6.45) is 1.93. The molecule has 98 valence electrons. The van der Waals surface area contributed by atoms with Crippen LogP contribution in [0.1, 0.15) is 19.8 Å². The van der Waals surface area contributed by atoms with Gasteiger partial charge in [0.05, 0.1) is 0 Å². The summed E-state index contributed by atoms with van der Waals surface area (Å²) in [7, 11) is -0.135. The van der Waals surface area contributed by atoms with Gasteiger partial charge in [0, 0.05) is 33.2 Å². The molecule has 0 aliphatic carbocycles. The van der Waals surface area contributed by atoms with Crippen LogP contribution in [0.15, 0.2) is 0 Å². The Morgan fingerprint density at radius 3 is 2.44 bits per heavy atom. The lowest BCUT2D eigenvalue weighted by atomic mass is 9.93. The van der Waals surface area contributed by atoms with Gasteiger partial charge >= 0.3 is 0 Å². The highest BCUT2D eigenvalue weighted by Gasteiger charge is 2.31. The van der Waals surface area contributed by atoms with E-state index in [1.54, 1.807) is 14.1 Å². The maximum atomic E-state index is 11.9. The summed E-state index contributed by atoms with van der Waals surface area (Å²) in [5, 5.41) is 0. The van der Waals surface area contributed by atoms with Gasteiger partial charge in [-0.2, -0.15) is 17.0 Å². The third-order valence-electron chi connectivity index (χ3n) is 2.95. The van der Waals surface area contributed by atoms with Crippen LogP contribution in [-0.4, -0.2) is 50.3 Å². The predicted octanol–water partition coefficient (Wildman–Crippen LogP) is 0.274. The molecule has 16 heavy (non-hydrogen) atoms. The van der Waals surface area contributed by atoms with E-state index in [0.29, 0.717) is 13.1 Å². The van der Waals surface area contributed by atoms with Crippen LogP contribution in [0.25, 0.3) is 0 Å². The zero-order valence-corrected chi connectivity index (χ0v) is 11.7. The van der Waals surface area contributed by atoms with Crippen molar-refractivity contribution in [1.82, 2.24) is 8.61 Å². The molecule has 1 heterocycles. The minimum atomic E-state index is -3.26. The summed E-state index contributed by atoms with van der Waals surface area (Å²) in [5.74, 6) is 0.286. The summed E-state index contributed by atoms with van der Waals surface area (Å²) < 4.78 is 26.5. The Labute approximate surface area is 105 Å². The average Bonchev–Trinajstić information content (AvgIpc) is 2.17. The van der Waals surface area contributed by atoms with Crippen molar-refractivity contribution in [3.8, 4) is 0 Å². The molecule has 1 rings (SSSR count). The van der Waals surface area contributed by atoms with Crippen LogP contribution < -0.4 is 5.73 Å². The molecule has 0 radical (unpaired) electrons. The molecule has 0 aromatic heterocycles. The van der Waals surface area contributed by atoms with Gasteiger partial charge in [-0.25, -0.2) is 0 Å². The number of hydrogen-bond donors (Lipinski definition) is 1. The fourth-order valence-electron chi connectivity index (χ4n) is 1.84. The van der Waals surface area contributed by atoms with Crippen LogP contribution >= 0.6 is 12.4 Å². The van der Waals surface area contributed by atoms with Crippen molar-refractivity contribution in [1.29, 1.82) is 0 Å². The van der Waals surface area contributed by atoms with Gasteiger partial charge < -0.3 is 5.73 Å². The Morgan fingerprint density at radius 2 is 2.00 bits per heavy atom. The van der Waals surface area contributed by atoms with Crippen LogP contribution in [0.3, 0.4) is 0 Å². The molecule has 0 bridgehead atoms. The van der Waals surface area contributed by atoms with Gasteiger partial charge in [0.1, 0.15) is 0 Å². The summed E-state index contributed by atoms with van der Waals surface area (Å²) in [6, 6.07) is 0.0603. The molecule has 1 saturated heterocycles. The molecule has 0 amide bonds. The summed E-state index contributed by atoms with van der Waals surface area (Å²) in [6.45, 7) is 3.11. The molecule has 0 saturated carbocycles. The lowest BCUT2D eigenvalue weighted by molar-refractivity contribution is 0.234. The number of piperidine rings is 1. The Kier molecular flexibility index (Phi) is 6.21. The van der Waals surface area contributed by atoms with Gasteiger partial charge in [0.25, 0.3) is 10.2 Å². The molecule has 1 fully saturated rings. The smallest absolute Gasteiger partial charge is 0.281 e. The van der Waals surface area contributed by atoms with Gasteiger partial charge in [0.15, 0.2) is 0 Å². The van der Waals surface area contributed by atoms with Crippen LogP contribution in [0, 0.1) is 5.92 Å². The number of hydrogen-bond acceptors (Lipinski definition) is 3. The molecule has 2 unspecified atom stereocenters. The highest BCUT2D eigenvalue weighted by molar-refractivity contribution is 7.86. The van der Waals surface area contributed by atoms with E-state index >= 15 is 0 Å². The first kappa shape index (κ1) is 16.1. The number of halogens is 1. The first-order valence-electron chi connectivity index (χ1n) is 5.29. The van der Waals surface area contributed by atoms with Gasteiger partial charge in [0.2, 0.25) is 0 Å². The van der Waals surface area contributed by atoms with Gasteiger partial charge in [-0.1, -0.05) is 0 Å². The Hall–Kier alpha value is 0.120. The third-order valence-corrected chi connectivity index (χ3v) is 4.86. The Morgan fingerprint density at radius 1 is 1.44 bits per heavy atom. The van der Waals surface area contributed by atoms with Crippen molar-refractivity contribution in [2.24, 2.45) is 11.7 Å². The minimum absolute atomic E-state index is 0. The number of nitrogens with two attached hydrogens (primary N) is 1. The normalized spacial score (nSPS) is 25.2. The second-order valence-electron chi connectivity index (χ2n) is 4.41. The first-order chi connectivity index (χ1) is 6.85. The predicted molar refractivity (Wildman–Crippen MR) is 67.8 cm³/mol. The fraction of sp³-hybridized carbons (Fsp3) is 1.00. The summed E-state index contributed by atoms with van der Waals surface area (Å²) in [4.78, 5) is 0. The summed E-state index contributed by atoms with van der Waals surface area (Å²) in [5.41, 5.74) is 5.81. The van der Waals surface area contributed by atoms with E-state index in [4.69, 9.17) is 5.73 Å². The quantitative estimate of drug-likeness (QED) is 0.802. The first-order valence-corrected chi connectivity index (χ1v) is 6.68. The van der Waals surface area contributed by atoms with Gasteiger partial charge in [-0.15, -0.1) is 12.4 Å². The molecular weight excluding hydrogens is 250 g/mol. The SMILES string of the molecule is CC(N)C1CCCN(S(=O)(=O)N(C)C)C1.Cl. The lowest BCUT2D eigenvalue weighted by Gasteiger charge is -2.35. The largest absolute Gasteiger partial charge is 0.328 e. The maximum Gasteiger partial charge on any atom is 0.281 e. The molecule has 0 aromatic carbocycles. The van der Waals surface area contributed by atoms with Crippen molar-refractivity contribution in [2.75, 3.05) is 27.2 Å². The Bertz CT molecular complexity index is 306. The van der Waals surface area contributed by atoms with E-state index in [1.807, 2.05) is 6.92 Å². The molecule has 0 spiro atoms. The van der Waals surface area contributed by atoms with Crippen molar-refractivity contribution >= 4 is 22.6 Å². The lowest BCUT2D eigenvalue weighted by Crippen LogP contribution is -2.48. The average molecular weight is 272 g/mol. The van der Waals surface area contributed by atoms with E-state index in [0.717, 1.165) is 12.8 Å². The van der Waals surface area contributed by atoms with Crippen molar-refractivity contribution in [3.63, 3.8) is 0 Å². The van der Waals surface area contributed by atoms with Gasteiger partial charge in [-0.3, -0.25) is 0 Å². The standard InChI is InChI=1S/C9H21N3O2S.ClH/c1-8(10)9-5-4-6-12(7-9)15(13,14)11(2)3;/h8-9H,4-7,10H2,1-3H3;1H. The zero-order chi connectivity index (χ0) is 11.6.